The van der Waals surface area contributed by atoms with Crippen LogP contribution in [0.1, 0.15) is 29.0 Å². The van der Waals surface area contributed by atoms with Crippen LogP contribution in [-0.4, -0.2) is 47.1 Å². The molecule has 0 saturated carbocycles. The third-order valence-corrected chi connectivity index (χ3v) is 4.10. The molecule has 0 bridgehead atoms. The summed E-state index contributed by atoms with van der Waals surface area (Å²) in [6, 6.07) is 7.81. The molecule has 2 N–H and O–H groups in total. The van der Waals surface area contributed by atoms with Crippen molar-refractivity contribution in [3.05, 3.63) is 35.7 Å². The Kier molecular flexibility index (Phi) is 6.16. The maximum absolute atomic E-state index is 12.3. The van der Waals surface area contributed by atoms with Gasteiger partial charge in [-0.3, -0.25) is 4.79 Å². The molecule has 8 heteroatoms. The Morgan fingerprint density at radius 1 is 1.42 bits per heavy atom. The largest absolute Gasteiger partial charge is 0.497 e. The molecule has 1 aromatic heterocycles. The van der Waals surface area contributed by atoms with Gasteiger partial charge in [-0.2, -0.15) is 0 Å². The highest BCUT2D eigenvalue weighted by Gasteiger charge is 2.20. The summed E-state index contributed by atoms with van der Waals surface area (Å²) in [4.78, 5) is 12.3. The maximum Gasteiger partial charge on any atom is 0.273 e. The first-order valence-corrected chi connectivity index (χ1v) is 7.77. The lowest BCUT2D eigenvalue weighted by Crippen LogP contribution is -2.37. The van der Waals surface area contributed by atoms with E-state index in [-0.39, 0.29) is 18.3 Å². The fourth-order valence-corrected chi connectivity index (χ4v) is 2.74. The lowest BCUT2D eigenvalue weighted by Gasteiger charge is -2.10. The monoisotopic (exact) mass is 351 g/mol. The first kappa shape index (κ1) is 18.2. The van der Waals surface area contributed by atoms with Gasteiger partial charge in [-0.05, 0) is 50.6 Å². The van der Waals surface area contributed by atoms with Gasteiger partial charge in [0.2, 0.25) is 0 Å². The zero-order valence-electron chi connectivity index (χ0n) is 13.8. The highest BCUT2D eigenvalue weighted by molar-refractivity contribution is 5.93. The minimum absolute atomic E-state index is 0. The molecule has 1 saturated heterocycles. The van der Waals surface area contributed by atoms with E-state index in [1.807, 2.05) is 31.2 Å². The molecule has 0 aliphatic carbocycles. The van der Waals surface area contributed by atoms with Crippen LogP contribution >= 0.6 is 12.4 Å². The number of ether oxygens (including phenoxy) is 1. The van der Waals surface area contributed by atoms with Gasteiger partial charge < -0.3 is 15.4 Å². The average Bonchev–Trinajstić information content (AvgIpc) is 3.22. The van der Waals surface area contributed by atoms with Crippen molar-refractivity contribution < 1.29 is 9.53 Å². The Balaban J connectivity index is 0.00000208. The number of carbonyl (C=O) groups is 1. The van der Waals surface area contributed by atoms with Gasteiger partial charge in [-0.25, -0.2) is 4.68 Å². The fourth-order valence-electron chi connectivity index (χ4n) is 2.74. The van der Waals surface area contributed by atoms with E-state index in [0.717, 1.165) is 30.8 Å². The molecule has 1 aliphatic heterocycles. The lowest BCUT2D eigenvalue weighted by atomic mass is 10.2. The van der Waals surface area contributed by atoms with E-state index in [2.05, 4.69) is 20.9 Å². The molecule has 1 amide bonds. The van der Waals surface area contributed by atoms with Gasteiger partial charge in [0.1, 0.15) is 5.75 Å². The Morgan fingerprint density at radius 2 is 2.17 bits per heavy atom. The van der Waals surface area contributed by atoms with Crippen LogP contribution in [0.3, 0.4) is 0 Å². The molecule has 1 aromatic carbocycles. The van der Waals surface area contributed by atoms with Crippen LogP contribution in [0.5, 0.6) is 5.75 Å². The number of nitrogens with one attached hydrogen (secondary N) is 2. The molecule has 2 aromatic rings. The quantitative estimate of drug-likeness (QED) is 0.853. The summed E-state index contributed by atoms with van der Waals surface area (Å²) in [5.41, 5.74) is 1.91. The van der Waals surface area contributed by atoms with E-state index in [1.54, 1.807) is 11.8 Å². The topological polar surface area (TPSA) is 81.1 Å². The second-order valence-corrected chi connectivity index (χ2v) is 5.64. The number of hydrogen-bond donors (Lipinski definition) is 2. The van der Waals surface area contributed by atoms with Crippen LogP contribution in [0, 0.1) is 6.92 Å². The van der Waals surface area contributed by atoms with Crippen LogP contribution in [0.15, 0.2) is 24.3 Å². The Morgan fingerprint density at radius 3 is 2.79 bits per heavy atom. The van der Waals surface area contributed by atoms with Crippen molar-refractivity contribution in [3.63, 3.8) is 0 Å². The molecular weight excluding hydrogens is 330 g/mol. The number of nitrogens with zero attached hydrogens (tertiary/aromatic N) is 3. The van der Waals surface area contributed by atoms with E-state index in [1.165, 1.54) is 0 Å². The van der Waals surface area contributed by atoms with Gasteiger partial charge in [-0.15, -0.1) is 17.5 Å². The molecule has 7 nitrogen and oxygen atoms in total. The maximum atomic E-state index is 12.3. The van der Waals surface area contributed by atoms with E-state index >= 15 is 0 Å². The number of amides is 1. The van der Waals surface area contributed by atoms with Gasteiger partial charge in [0.05, 0.1) is 18.5 Å². The third-order valence-electron chi connectivity index (χ3n) is 4.10. The van der Waals surface area contributed by atoms with Crippen molar-refractivity contribution in [1.29, 1.82) is 0 Å². The van der Waals surface area contributed by atoms with E-state index in [4.69, 9.17) is 4.74 Å². The number of hydrogen-bond acceptors (Lipinski definition) is 5. The number of methoxy groups -OCH3 is 1. The first-order chi connectivity index (χ1) is 11.2. The van der Waals surface area contributed by atoms with Gasteiger partial charge in [-0.1, -0.05) is 5.21 Å². The van der Waals surface area contributed by atoms with Gasteiger partial charge in [0.25, 0.3) is 5.91 Å². The summed E-state index contributed by atoms with van der Waals surface area (Å²) in [6.07, 6.45) is 2.25. The predicted molar refractivity (Wildman–Crippen MR) is 93.3 cm³/mol. The summed E-state index contributed by atoms with van der Waals surface area (Å²) in [7, 11) is 1.62. The Labute approximate surface area is 147 Å². The summed E-state index contributed by atoms with van der Waals surface area (Å²) in [5.74, 6) is 0.588. The number of carbonyl (C=O) groups excluding carboxylic acids is 1. The predicted octanol–water partition coefficient (Wildman–Crippen LogP) is 1.49. The summed E-state index contributed by atoms with van der Waals surface area (Å²) in [5, 5.41) is 14.4. The van der Waals surface area contributed by atoms with Gasteiger partial charge >= 0.3 is 0 Å². The van der Waals surface area contributed by atoms with Crippen molar-refractivity contribution >= 4 is 18.3 Å². The van der Waals surface area contributed by atoms with Crippen molar-refractivity contribution in [2.75, 3.05) is 20.2 Å². The van der Waals surface area contributed by atoms with Crippen LogP contribution in [0.2, 0.25) is 0 Å². The molecule has 0 radical (unpaired) electrons. The highest BCUT2D eigenvalue weighted by Crippen LogP contribution is 2.16. The van der Waals surface area contributed by atoms with Crippen molar-refractivity contribution in [2.45, 2.75) is 25.8 Å². The lowest BCUT2D eigenvalue weighted by molar-refractivity contribution is 0.0944. The molecule has 1 fully saturated rings. The summed E-state index contributed by atoms with van der Waals surface area (Å²) >= 11 is 0. The zero-order chi connectivity index (χ0) is 16.2. The minimum atomic E-state index is -0.184. The zero-order valence-corrected chi connectivity index (χ0v) is 14.6. The SMILES string of the molecule is COc1ccc(-n2nnc(C(=O)NCC3CCCN3)c2C)cc1.Cl. The fraction of sp³-hybridized carbons (Fsp3) is 0.438. The van der Waals surface area contributed by atoms with Crippen LogP contribution in [0.4, 0.5) is 0 Å². The first-order valence-electron chi connectivity index (χ1n) is 7.77. The van der Waals surface area contributed by atoms with Crippen molar-refractivity contribution in [1.82, 2.24) is 25.6 Å². The van der Waals surface area contributed by atoms with Gasteiger partial charge in [0, 0.05) is 12.6 Å². The minimum Gasteiger partial charge on any atom is -0.497 e. The molecule has 2 heterocycles. The molecular formula is C16H22ClN5O2. The summed E-state index contributed by atoms with van der Waals surface area (Å²) < 4.78 is 6.80. The van der Waals surface area contributed by atoms with Crippen molar-refractivity contribution in [3.8, 4) is 11.4 Å². The second-order valence-electron chi connectivity index (χ2n) is 5.64. The van der Waals surface area contributed by atoms with Crippen LogP contribution in [0.25, 0.3) is 5.69 Å². The Bertz CT molecular complexity index is 680. The van der Waals surface area contributed by atoms with E-state index < -0.39 is 0 Å². The molecule has 3 rings (SSSR count). The molecule has 0 spiro atoms. The van der Waals surface area contributed by atoms with Crippen LogP contribution < -0.4 is 15.4 Å². The highest BCUT2D eigenvalue weighted by atomic mass is 35.5. The average molecular weight is 352 g/mol. The number of halogens is 1. The van der Waals surface area contributed by atoms with Crippen molar-refractivity contribution in [2.24, 2.45) is 0 Å². The van der Waals surface area contributed by atoms with Crippen LogP contribution in [-0.2, 0) is 0 Å². The van der Waals surface area contributed by atoms with E-state index in [0.29, 0.717) is 24.0 Å². The molecule has 1 aliphatic rings. The summed E-state index contributed by atoms with van der Waals surface area (Å²) in [6.45, 7) is 3.48. The molecule has 1 unspecified atom stereocenters. The smallest absolute Gasteiger partial charge is 0.273 e. The molecule has 24 heavy (non-hydrogen) atoms. The standard InChI is InChI=1S/C16H21N5O2.ClH/c1-11-15(16(22)18-10-12-4-3-9-17-12)19-20-21(11)13-5-7-14(23-2)8-6-13;/h5-8,12,17H,3-4,9-10H2,1-2H3,(H,18,22);1H. The normalized spacial score (nSPS) is 16.5. The number of rotatable bonds is 5. The number of benzene rings is 1. The second kappa shape index (κ2) is 8.12. The third kappa shape index (κ3) is 3.85. The Hall–Kier alpha value is -2.12. The van der Waals surface area contributed by atoms with Gasteiger partial charge in [0.15, 0.2) is 5.69 Å². The van der Waals surface area contributed by atoms with E-state index in [9.17, 15) is 4.79 Å². The molecule has 130 valence electrons. The number of aromatic nitrogens is 3. The molecule has 1 atom stereocenters.